The molecular weight excluding hydrogens is 357 g/mol. The van der Waals surface area contributed by atoms with Crippen molar-refractivity contribution in [1.82, 2.24) is 5.32 Å². The van der Waals surface area contributed by atoms with E-state index in [4.69, 9.17) is 0 Å². The molecule has 102 valence electrons. The lowest BCUT2D eigenvalue weighted by Gasteiger charge is -2.05. The quantitative estimate of drug-likeness (QED) is 0.515. The lowest BCUT2D eigenvalue weighted by Crippen LogP contribution is -2.23. The van der Waals surface area contributed by atoms with Crippen LogP contribution in [0.2, 0.25) is 0 Å². The maximum absolute atomic E-state index is 11.7. The third kappa shape index (κ3) is 6.73. The molecule has 0 atom stereocenters. The Morgan fingerprint density at radius 2 is 2.06 bits per heavy atom. The minimum Gasteiger partial charge on any atom is -0.352 e. The predicted octanol–water partition coefficient (Wildman–Crippen LogP) is 4.69. The van der Waals surface area contributed by atoms with Gasteiger partial charge in [-0.1, -0.05) is 39.5 Å². The van der Waals surface area contributed by atoms with Crippen molar-refractivity contribution in [3.63, 3.8) is 0 Å². The van der Waals surface area contributed by atoms with Crippen LogP contribution in [-0.4, -0.2) is 12.5 Å². The van der Waals surface area contributed by atoms with E-state index in [0.29, 0.717) is 0 Å². The van der Waals surface area contributed by atoms with E-state index in [1.165, 1.54) is 25.7 Å². The molecule has 1 rings (SSSR count). The van der Waals surface area contributed by atoms with Crippen molar-refractivity contribution in [2.24, 2.45) is 5.92 Å². The number of rotatable bonds is 8. The highest BCUT2D eigenvalue weighted by atomic mass is 127. The van der Waals surface area contributed by atoms with Gasteiger partial charge in [0.05, 0.1) is 8.45 Å². The molecular formula is C14H22INOS. The first-order valence-corrected chi connectivity index (χ1v) is 8.57. The van der Waals surface area contributed by atoms with Crippen LogP contribution >= 0.6 is 33.9 Å². The fourth-order valence-electron chi connectivity index (χ4n) is 1.76. The number of carbonyl (C=O) groups excluding carboxylic acids is 1. The fraction of sp³-hybridized carbons (Fsp3) is 0.643. The highest BCUT2D eigenvalue weighted by Crippen LogP contribution is 2.16. The van der Waals surface area contributed by atoms with E-state index in [1.54, 1.807) is 11.3 Å². The third-order valence-corrected chi connectivity index (χ3v) is 4.61. The maximum atomic E-state index is 11.7. The Hall–Kier alpha value is -0.100. The molecule has 4 heteroatoms. The molecule has 0 saturated heterocycles. The van der Waals surface area contributed by atoms with Gasteiger partial charge in [-0.3, -0.25) is 4.79 Å². The third-order valence-electron chi connectivity index (χ3n) is 2.82. The van der Waals surface area contributed by atoms with Crippen molar-refractivity contribution >= 4 is 39.8 Å². The van der Waals surface area contributed by atoms with Crippen molar-refractivity contribution < 1.29 is 4.79 Å². The van der Waals surface area contributed by atoms with Gasteiger partial charge in [-0.05, 0) is 41.0 Å². The molecule has 1 aromatic heterocycles. The number of halogens is 1. The highest BCUT2D eigenvalue weighted by molar-refractivity contribution is 14.1. The highest BCUT2D eigenvalue weighted by Gasteiger charge is 2.06. The predicted molar refractivity (Wildman–Crippen MR) is 87.3 cm³/mol. The topological polar surface area (TPSA) is 29.1 Å². The van der Waals surface area contributed by atoms with Crippen molar-refractivity contribution in [2.45, 2.75) is 46.0 Å². The van der Waals surface area contributed by atoms with Crippen molar-refractivity contribution in [3.05, 3.63) is 19.9 Å². The van der Waals surface area contributed by atoms with Gasteiger partial charge >= 0.3 is 0 Å². The van der Waals surface area contributed by atoms with Gasteiger partial charge in [0.25, 0.3) is 5.91 Å². The van der Waals surface area contributed by atoms with E-state index in [1.807, 2.05) is 11.4 Å². The van der Waals surface area contributed by atoms with Crippen LogP contribution in [0, 0.1) is 8.80 Å². The van der Waals surface area contributed by atoms with Crippen LogP contribution in [0.5, 0.6) is 0 Å². The standard InChI is InChI=1S/C14H22INOS/c1-11(2)7-5-3-4-6-8-16-14(17)12-9-13(15)18-10-12/h9-11H,3-8H2,1-2H3,(H,16,17). The number of thiophene rings is 1. The number of amides is 1. The van der Waals surface area contributed by atoms with Gasteiger partial charge < -0.3 is 5.32 Å². The van der Waals surface area contributed by atoms with E-state index in [0.717, 1.165) is 27.3 Å². The van der Waals surface area contributed by atoms with E-state index < -0.39 is 0 Å². The molecule has 0 radical (unpaired) electrons. The van der Waals surface area contributed by atoms with Gasteiger partial charge in [0.2, 0.25) is 0 Å². The molecule has 0 aromatic carbocycles. The SMILES string of the molecule is CC(C)CCCCCCNC(=O)c1csc(I)c1. The van der Waals surface area contributed by atoms with Gasteiger partial charge in [-0.2, -0.15) is 0 Å². The van der Waals surface area contributed by atoms with Crippen LogP contribution in [-0.2, 0) is 0 Å². The second-order valence-electron chi connectivity index (χ2n) is 4.99. The lowest BCUT2D eigenvalue weighted by molar-refractivity contribution is 0.0953. The normalized spacial score (nSPS) is 10.9. The summed E-state index contributed by atoms with van der Waals surface area (Å²) in [7, 11) is 0. The largest absolute Gasteiger partial charge is 0.352 e. The van der Waals surface area contributed by atoms with Gasteiger partial charge in [-0.25, -0.2) is 0 Å². The zero-order valence-corrected chi connectivity index (χ0v) is 14.1. The first kappa shape index (κ1) is 16.0. The minimum atomic E-state index is 0.0661. The number of carbonyl (C=O) groups is 1. The molecule has 1 aromatic rings. The zero-order chi connectivity index (χ0) is 13.4. The summed E-state index contributed by atoms with van der Waals surface area (Å²) in [5.74, 6) is 0.877. The Morgan fingerprint density at radius 1 is 1.33 bits per heavy atom. The van der Waals surface area contributed by atoms with Crippen LogP contribution < -0.4 is 5.32 Å². The molecule has 0 spiro atoms. The number of nitrogens with one attached hydrogen (secondary N) is 1. The fourth-order valence-corrected chi connectivity index (χ4v) is 3.09. The molecule has 0 bridgehead atoms. The van der Waals surface area contributed by atoms with Gasteiger partial charge in [0.15, 0.2) is 0 Å². The lowest BCUT2D eigenvalue weighted by atomic mass is 10.0. The molecule has 1 amide bonds. The molecule has 0 aliphatic heterocycles. The van der Waals surface area contributed by atoms with Crippen LogP contribution in [0.25, 0.3) is 0 Å². The monoisotopic (exact) mass is 379 g/mol. The van der Waals surface area contributed by atoms with Gasteiger partial charge in [-0.15, -0.1) is 11.3 Å². The molecule has 1 heterocycles. The van der Waals surface area contributed by atoms with Crippen LogP contribution in [0.3, 0.4) is 0 Å². The van der Waals surface area contributed by atoms with Gasteiger partial charge in [0.1, 0.15) is 0 Å². The minimum absolute atomic E-state index is 0.0661. The Balaban J connectivity index is 2.03. The summed E-state index contributed by atoms with van der Waals surface area (Å²) >= 11 is 3.85. The molecule has 18 heavy (non-hydrogen) atoms. The Bertz CT molecular complexity index is 362. The first-order valence-electron chi connectivity index (χ1n) is 6.62. The van der Waals surface area contributed by atoms with Crippen molar-refractivity contribution in [3.8, 4) is 0 Å². The molecule has 0 unspecified atom stereocenters. The summed E-state index contributed by atoms with van der Waals surface area (Å²) in [4.78, 5) is 11.7. The summed E-state index contributed by atoms with van der Waals surface area (Å²) < 4.78 is 1.16. The Morgan fingerprint density at radius 3 is 2.67 bits per heavy atom. The Kier molecular flexibility index (Phi) is 7.90. The summed E-state index contributed by atoms with van der Waals surface area (Å²) in [6, 6.07) is 1.93. The Labute approximate surface area is 128 Å². The first-order chi connectivity index (χ1) is 8.59. The number of hydrogen-bond acceptors (Lipinski definition) is 2. The molecule has 2 nitrogen and oxygen atoms in total. The van der Waals surface area contributed by atoms with E-state index in [-0.39, 0.29) is 5.91 Å². The van der Waals surface area contributed by atoms with Crippen LogP contribution in [0.1, 0.15) is 56.3 Å². The van der Waals surface area contributed by atoms with E-state index in [9.17, 15) is 4.79 Å². The molecule has 0 aliphatic rings. The summed E-state index contributed by atoms with van der Waals surface area (Å²) in [6.45, 7) is 5.33. The summed E-state index contributed by atoms with van der Waals surface area (Å²) in [5, 5.41) is 4.89. The second kappa shape index (κ2) is 8.91. The molecule has 0 aliphatic carbocycles. The maximum Gasteiger partial charge on any atom is 0.252 e. The van der Waals surface area contributed by atoms with Gasteiger partial charge in [0, 0.05) is 11.9 Å². The average Bonchev–Trinajstić information content (AvgIpc) is 2.74. The average molecular weight is 379 g/mol. The van der Waals surface area contributed by atoms with Crippen LogP contribution in [0.4, 0.5) is 0 Å². The molecule has 1 N–H and O–H groups in total. The number of unbranched alkanes of at least 4 members (excludes halogenated alkanes) is 3. The second-order valence-corrected chi connectivity index (χ2v) is 7.80. The van der Waals surface area contributed by atoms with Crippen molar-refractivity contribution in [1.29, 1.82) is 0 Å². The molecule has 0 fully saturated rings. The summed E-state index contributed by atoms with van der Waals surface area (Å²) in [6.07, 6.45) is 6.22. The van der Waals surface area contributed by atoms with E-state index in [2.05, 4.69) is 41.8 Å². The summed E-state index contributed by atoms with van der Waals surface area (Å²) in [5.41, 5.74) is 0.796. The van der Waals surface area contributed by atoms with Crippen LogP contribution in [0.15, 0.2) is 11.4 Å². The zero-order valence-electron chi connectivity index (χ0n) is 11.2. The van der Waals surface area contributed by atoms with Crippen molar-refractivity contribution in [2.75, 3.05) is 6.54 Å². The van der Waals surface area contributed by atoms with E-state index >= 15 is 0 Å². The number of hydrogen-bond donors (Lipinski definition) is 1. The molecule has 0 saturated carbocycles. The smallest absolute Gasteiger partial charge is 0.252 e.